The number of aryl methyl sites for hydroxylation is 8. The lowest BCUT2D eigenvalue weighted by Crippen LogP contribution is -2.01. The zero-order chi connectivity index (χ0) is 104. The first-order chi connectivity index (χ1) is 65.4. The predicted octanol–water partition coefficient (Wildman–Crippen LogP) is 25.6. The molecule has 0 bridgehead atoms. The molecule has 0 aromatic heterocycles. The van der Waals surface area contributed by atoms with Crippen molar-refractivity contribution < 1.29 is 27.9 Å². The number of esters is 1. The molecule has 32 N–H and O–H groups in total. The number of methoxy groups -OCH3 is 1. The molecule has 0 unspecified atom stereocenters. The molecule has 16 rings (SSSR count). The predicted molar refractivity (Wildman–Crippen MR) is 594 cm³/mol. The van der Waals surface area contributed by atoms with Crippen LogP contribution >= 0.6 is 11.6 Å². The Hall–Kier alpha value is -17.2. The third-order valence-corrected chi connectivity index (χ3v) is 17.5. The molecule has 0 aliphatic heterocycles. The fourth-order valence-electron chi connectivity index (χ4n) is 9.98. The molecule has 23 heteroatoms. The van der Waals surface area contributed by atoms with Gasteiger partial charge in [0.2, 0.25) is 0 Å². The van der Waals surface area contributed by atoms with Gasteiger partial charge >= 0.3 is 5.97 Å². The van der Waals surface area contributed by atoms with Gasteiger partial charge < -0.3 is 101 Å². The Balaban J connectivity index is 0.00000145. The van der Waals surface area contributed by atoms with Crippen LogP contribution in [0.2, 0.25) is 5.02 Å². The minimum atomic E-state index is -0.364. The Kier molecular flexibility index (Phi) is 62.5. The molecule has 16 aromatic rings. The molecule has 0 aliphatic carbocycles. The van der Waals surface area contributed by atoms with Gasteiger partial charge in [-0.2, -0.15) is 0 Å². The number of nitrogens with two attached hydrogens (primary N) is 16. The number of carbonyl (C=O) groups excluding carboxylic acids is 3. The summed E-state index contributed by atoms with van der Waals surface area (Å²) in [5, 5.41) is 0.721. The number of hydrogen-bond donors (Lipinski definition) is 16. The maximum atomic E-state index is 12.2. The third kappa shape index (κ3) is 64.5. The molecule has 16 aromatic carbocycles. The van der Waals surface area contributed by atoms with Crippen molar-refractivity contribution in [3.05, 3.63) is 491 Å². The second-order valence-electron chi connectivity index (χ2n) is 30.4. The Labute approximate surface area is 821 Å². The van der Waals surface area contributed by atoms with Crippen LogP contribution in [0, 0.1) is 67.0 Å². The zero-order valence-corrected chi connectivity index (χ0v) is 81.9. The van der Waals surface area contributed by atoms with E-state index in [-0.39, 0.29) is 29.1 Å². The van der Waals surface area contributed by atoms with Crippen LogP contribution in [0.15, 0.2) is 407 Å². The van der Waals surface area contributed by atoms with E-state index in [2.05, 4.69) is 17.9 Å². The van der Waals surface area contributed by atoms with Gasteiger partial charge in [0.1, 0.15) is 18.4 Å². The van der Waals surface area contributed by atoms with E-state index in [9.17, 15) is 18.4 Å². The number of halogens is 3. The van der Waals surface area contributed by atoms with Crippen molar-refractivity contribution in [2.75, 3.05) is 98.8 Å². The van der Waals surface area contributed by atoms with Gasteiger partial charge in [-0.15, -0.1) is 0 Å². The van der Waals surface area contributed by atoms with Crippen LogP contribution in [-0.2, 0) is 9.53 Å². The molecular formula is C115H139ClF2N16O4. The molecule has 0 heterocycles. The van der Waals surface area contributed by atoms with Gasteiger partial charge in [-0.1, -0.05) is 222 Å². The SMILES string of the molecule is C=C(C)c1ccc(N)cc1.C=C(C)c1ccc(N)cc1.C=O.CC(=O)c1cccc(N)c1.COC(=O)c1cccc(N)c1.Cc1ccc(N)cc1.Cc1ccc(N)cc1.Cc1ccc(N)cc1.Cc1cccc(N)c1.Cc1cccc(N)c1.Cc1cccc(N)c1.Cc1cccc(N)c1.Cc1cccc(N)c1.Nc1ccc(Cl)cc1.Nc1ccc(F)cc1.Nc1ccccc1.Nc1ccccc1F. The highest BCUT2D eigenvalue weighted by Crippen LogP contribution is 2.17. The van der Waals surface area contributed by atoms with Gasteiger partial charge in [-0.05, 0) is 340 Å². The summed E-state index contributed by atoms with van der Waals surface area (Å²) in [7, 11) is 1.34. The van der Waals surface area contributed by atoms with Crippen molar-refractivity contribution in [2.45, 2.75) is 76.2 Å². The molecule has 724 valence electrons. The van der Waals surface area contributed by atoms with Gasteiger partial charge in [0.25, 0.3) is 0 Å². The number of hydrogen-bond acceptors (Lipinski definition) is 20. The maximum absolute atomic E-state index is 12.2. The fourth-order valence-corrected chi connectivity index (χ4v) is 10.1. The smallest absolute Gasteiger partial charge is 0.337 e. The lowest BCUT2D eigenvalue weighted by Gasteiger charge is -1.98. The quantitative estimate of drug-likeness (QED) is 0.0442. The summed E-state index contributed by atoms with van der Waals surface area (Å²) in [6.07, 6.45) is 0. The summed E-state index contributed by atoms with van der Waals surface area (Å²) < 4.78 is 28.7. The van der Waals surface area contributed by atoms with Gasteiger partial charge in [0, 0.05) is 95.9 Å². The first kappa shape index (κ1) is 121. The molecule has 0 aliphatic rings. The largest absolute Gasteiger partial charge is 0.465 e. The number of allylic oxidation sites excluding steroid dienone is 2. The van der Waals surface area contributed by atoms with E-state index in [1.165, 1.54) is 94.9 Å². The van der Waals surface area contributed by atoms with Crippen molar-refractivity contribution >= 4 is 132 Å². The average molecular weight is 1880 g/mol. The highest BCUT2D eigenvalue weighted by molar-refractivity contribution is 6.30. The van der Waals surface area contributed by atoms with E-state index in [1.807, 2.05) is 349 Å². The standard InChI is InChI=1S/2C9H11N.C8H9NO2.C8H9NO.8C7H9N.C6H6ClN.2C6H6FN.C6H7N.CH2O/c2*1-7(2)8-3-5-9(10)6-4-8;1-11-8(10)6-3-2-4-7(9)5-6;1-6(10)7-3-2-4-8(9)5-7;3*1-6-2-4-7(8)5-3-6;5*1-6-3-2-4-7(8)5-6;2*7-5-1-3-6(8)4-2-5;7-5-3-1-2-4-6(5)8;7-6-4-2-1-3-5-6;1-2/h2*3-6H,1,10H2,2H3;2-5H,9H2,1H3;2-5H,9H2,1H3;8*2-5H,8H2,1H3;3*1-4H,8H2;1-5H,7H2;1H2. The number of nitrogen functional groups attached to an aromatic ring is 16. The van der Waals surface area contributed by atoms with Gasteiger partial charge in [0.05, 0.1) is 18.4 Å². The summed E-state index contributed by atoms with van der Waals surface area (Å²) in [5.74, 6) is -0.920. The van der Waals surface area contributed by atoms with Crippen molar-refractivity contribution in [1.29, 1.82) is 0 Å². The number of rotatable bonds is 4. The maximum Gasteiger partial charge on any atom is 0.337 e. The first-order valence-corrected chi connectivity index (χ1v) is 43.3. The summed E-state index contributed by atoms with van der Waals surface area (Å²) in [6, 6.07) is 120. The minimum absolute atomic E-state index is 0.0484. The molecule has 138 heavy (non-hydrogen) atoms. The Morgan fingerprint density at radius 3 is 0.638 bits per heavy atom. The van der Waals surface area contributed by atoms with E-state index >= 15 is 0 Å². The van der Waals surface area contributed by atoms with Crippen LogP contribution in [0.4, 0.5) is 99.8 Å². The molecule has 0 saturated heterocycles. The van der Waals surface area contributed by atoms with Crippen LogP contribution in [0.25, 0.3) is 11.1 Å². The number of carbonyl (C=O) groups is 3. The van der Waals surface area contributed by atoms with E-state index < -0.39 is 0 Å². The fraction of sp³-hybridized carbons (Fsp3) is 0.104. The number of para-hydroxylation sites is 2. The first-order valence-electron chi connectivity index (χ1n) is 42.9. The molecule has 0 spiro atoms. The van der Waals surface area contributed by atoms with Crippen molar-refractivity contribution in [3.63, 3.8) is 0 Å². The molecule has 0 radical (unpaired) electrons. The van der Waals surface area contributed by atoms with Crippen LogP contribution in [-0.4, -0.2) is 25.7 Å². The lowest BCUT2D eigenvalue weighted by molar-refractivity contribution is -0.0980. The summed E-state index contributed by atoms with van der Waals surface area (Å²) in [4.78, 5) is 29.6. The van der Waals surface area contributed by atoms with Crippen molar-refractivity contribution in [2.24, 2.45) is 0 Å². The van der Waals surface area contributed by atoms with Crippen molar-refractivity contribution in [1.82, 2.24) is 0 Å². The highest BCUT2D eigenvalue weighted by atomic mass is 35.5. The Morgan fingerprint density at radius 2 is 0.457 bits per heavy atom. The van der Waals surface area contributed by atoms with Gasteiger partial charge in [0.15, 0.2) is 5.78 Å². The lowest BCUT2D eigenvalue weighted by atomic mass is 10.1. The number of ketones is 1. The van der Waals surface area contributed by atoms with Crippen LogP contribution < -0.4 is 91.7 Å². The second-order valence-corrected chi connectivity index (χ2v) is 30.9. The number of Topliss-reactive ketones (excluding diaryl/α,β-unsaturated/α-hetero) is 1. The Morgan fingerprint density at radius 1 is 0.239 bits per heavy atom. The number of anilines is 16. The van der Waals surface area contributed by atoms with E-state index in [1.54, 1.807) is 84.9 Å². The molecule has 20 nitrogen and oxygen atoms in total. The normalized spacial score (nSPS) is 9.04. The third-order valence-electron chi connectivity index (χ3n) is 17.3. The van der Waals surface area contributed by atoms with E-state index in [0.29, 0.717) is 28.2 Å². The molecule has 0 saturated carbocycles. The van der Waals surface area contributed by atoms with Crippen LogP contribution in [0.3, 0.4) is 0 Å². The molecule has 0 fully saturated rings. The van der Waals surface area contributed by atoms with E-state index in [4.69, 9.17) is 108 Å². The monoisotopic (exact) mass is 1880 g/mol. The topological polar surface area (TPSA) is 477 Å². The highest BCUT2D eigenvalue weighted by Gasteiger charge is 2.04. The van der Waals surface area contributed by atoms with Gasteiger partial charge in [-0.25, -0.2) is 13.6 Å². The van der Waals surface area contributed by atoms with Crippen molar-refractivity contribution in [3.8, 4) is 0 Å². The summed E-state index contributed by atoms with van der Waals surface area (Å²) in [5.41, 5.74) is 114. The van der Waals surface area contributed by atoms with Crippen LogP contribution in [0.5, 0.6) is 0 Å². The van der Waals surface area contributed by atoms with Crippen LogP contribution in [0.1, 0.15) is 97.1 Å². The van der Waals surface area contributed by atoms with Gasteiger partial charge in [-0.3, -0.25) is 4.79 Å². The second kappa shape index (κ2) is 71.4. The molecular weight excluding hydrogens is 1740 g/mol. The van der Waals surface area contributed by atoms with E-state index in [0.717, 1.165) is 95.5 Å². The average Bonchev–Trinajstić information content (AvgIpc) is 0.900. The minimum Gasteiger partial charge on any atom is -0.465 e. The number of ether oxygens (including phenoxy) is 1. The zero-order valence-electron chi connectivity index (χ0n) is 81.2. The molecule has 0 atom stereocenters. The summed E-state index contributed by atoms with van der Waals surface area (Å²) in [6.45, 7) is 31.4. The summed E-state index contributed by atoms with van der Waals surface area (Å²) >= 11 is 5.56. The Bertz CT molecular complexity index is 5270. The molecule has 0 amide bonds. The number of benzene rings is 16.